The van der Waals surface area contributed by atoms with Crippen molar-refractivity contribution in [3.8, 4) is 0 Å². The molecule has 0 aliphatic carbocycles. The minimum atomic E-state index is -1.24. The molecule has 0 bridgehead atoms. The zero-order valence-electron chi connectivity index (χ0n) is 18.4. The molecule has 0 aromatic heterocycles. The van der Waals surface area contributed by atoms with Crippen LogP contribution in [0.25, 0.3) is 0 Å². The number of aliphatic hydroxyl groups excluding tert-OH is 1. The van der Waals surface area contributed by atoms with Gasteiger partial charge in [-0.3, -0.25) is 19.8 Å². The van der Waals surface area contributed by atoms with Gasteiger partial charge in [0.05, 0.1) is 17.6 Å². The minimum Gasteiger partial charge on any atom is -0.444 e. The van der Waals surface area contributed by atoms with Crippen LogP contribution in [0.4, 0.5) is 15.3 Å². The summed E-state index contributed by atoms with van der Waals surface area (Å²) in [4.78, 5) is 48.0. The third kappa shape index (κ3) is 7.08. The average Bonchev–Trinajstić information content (AvgIpc) is 2.97. The van der Waals surface area contributed by atoms with Gasteiger partial charge in [-0.15, -0.1) is 0 Å². The zero-order chi connectivity index (χ0) is 24.1. The predicted octanol–water partition coefficient (Wildman–Crippen LogP) is 1.66. The van der Waals surface area contributed by atoms with Gasteiger partial charge in [-0.05, 0) is 45.4 Å². The Morgan fingerprint density at radius 2 is 1.91 bits per heavy atom. The number of hydrogen-bond acceptors (Lipinski definition) is 8. The molecule has 0 unspecified atom stereocenters. The van der Waals surface area contributed by atoms with Gasteiger partial charge >= 0.3 is 12.2 Å². The van der Waals surface area contributed by atoms with Crippen LogP contribution in [0.15, 0.2) is 24.3 Å². The summed E-state index contributed by atoms with van der Waals surface area (Å²) in [7, 11) is 0. The molecule has 0 saturated carbocycles. The number of alkyl carbamates (subject to hydrolysis) is 1. The number of amides is 3. The van der Waals surface area contributed by atoms with Crippen LogP contribution in [0, 0.1) is 10.1 Å². The number of ether oxygens (including phenoxy) is 2. The number of non-ortho nitro benzene ring substituents is 1. The predicted molar refractivity (Wildman–Crippen MR) is 111 cm³/mol. The van der Waals surface area contributed by atoms with E-state index in [4.69, 9.17) is 9.47 Å². The van der Waals surface area contributed by atoms with Gasteiger partial charge in [-0.25, -0.2) is 9.59 Å². The van der Waals surface area contributed by atoms with Gasteiger partial charge in [0.25, 0.3) is 5.69 Å². The molecule has 1 fully saturated rings. The van der Waals surface area contributed by atoms with Crippen LogP contribution < -0.4 is 10.6 Å². The Morgan fingerprint density at radius 3 is 2.47 bits per heavy atom. The molecule has 1 aromatic rings. The molecule has 0 radical (unpaired) electrons. The van der Waals surface area contributed by atoms with Gasteiger partial charge in [0.15, 0.2) is 0 Å². The molecular weight excluding hydrogens is 424 g/mol. The lowest BCUT2D eigenvalue weighted by Crippen LogP contribution is -2.58. The first kappa shape index (κ1) is 24.9. The fourth-order valence-corrected chi connectivity index (χ4v) is 3.19. The number of β-amino-alcohol motifs (C(OH)–C–C–N with tert-alkyl or cyclic N) is 1. The summed E-state index contributed by atoms with van der Waals surface area (Å²) in [6.07, 6.45) is -2.35. The molecule has 3 amide bonds. The summed E-state index contributed by atoms with van der Waals surface area (Å²) in [5.74, 6) is -0.583. The SMILES string of the molecule is CC(C)(C)OC(=O)NCC(=O)N[C@]1(C)C[C@@H](O)CN1C(=O)OCc1ccc([N+](=O)[O-])cc1. The molecule has 1 aliphatic rings. The van der Waals surface area contributed by atoms with Crippen LogP contribution in [0.1, 0.15) is 39.7 Å². The minimum absolute atomic E-state index is 0.0601. The number of likely N-dealkylation sites (tertiary alicyclic amines) is 1. The highest BCUT2D eigenvalue weighted by Crippen LogP contribution is 2.28. The first-order chi connectivity index (χ1) is 14.8. The topological polar surface area (TPSA) is 160 Å². The summed E-state index contributed by atoms with van der Waals surface area (Å²) in [6, 6.07) is 5.52. The van der Waals surface area contributed by atoms with Crippen molar-refractivity contribution in [2.45, 2.75) is 58.1 Å². The fraction of sp³-hybridized carbons (Fsp3) is 0.550. The lowest BCUT2D eigenvalue weighted by molar-refractivity contribution is -0.384. The van der Waals surface area contributed by atoms with Gasteiger partial charge in [0, 0.05) is 18.6 Å². The number of nitro benzene ring substituents is 1. The highest BCUT2D eigenvalue weighted by atomic mass is 16.6. The molecule has 12 heteroatoms. The van der Waals surface area contributed by atoms with E-state index in [0.717, 1.165) is 0 Å². The molecule has 3 N–H and O–H groups in total. The molecule has 2 rings (SSSR count). The van der Waals surface area contributed by atoms with E-state index in [1.54, 1.807) is 27.7 Å². The summed E-state index contributed by atoms with van der Waals surface area (Å²) in [5.41, 5.74) is -1.50. The van der Waals surface area contributed by atoms with E-state index in [9.17, 15) is 29.6 Å². The Bertz CT molecular complexity index is 867. The molecule has 12 nitrogen and oxygen atoms in total. The van der Waals surface area contributed by atoms with Gasteiger partial charge in [-0.1, -0.05) is 0 Å². The van der Waals surface area contributed by atoms with Crippen molar-refractivity contribution in [2.75, 3.05) is 13.1 Å². The maximum atomic E-state index is 12.6. The number of nitrogens with one attached hydrogen (secondary N) is 2. The smallest absolute Gasteiger partial charge is 0.412 e. The molecule has 1 saturated heterocycles. The number of carbonyl (C=O) groups excluding carboxylic acids is 3. The number of aliphatic hydroxyl groups is 1. The van der Waals surface area contributed by atoms with E-state index in [-0.39, 0.29) is 31.8 Å². The van der Waals surface area contributed by atoms with Crippen molar-refractivity contribution < 1.29 is 33.9 Å². The number of rotatable bonds is 6. The van der Waals surface area contributed by atoms with E-state index in [1.807, 2.05) is 0 Å². The van der Waals surface area contributed by atoms with Crippen LogP contribution >= 0.6 is 0 Å². The molecule has 2 atom stereocenters. The second kappa shape index (κ2) is 9.81. The number of carbonyl (C=O) groups is 3. The van der Waals surface area contributed by atoms with Crippen molar-refractivity contribution in [1.29, 1.82) is 0 Å². The van der Waals surface area contributed by atoms with Crippen LogP contribution in [0.5, 0.6) is 0 Å². The van der Waals surface area contributed by atoms with Crippen molar-refractivity contribution in [2.24, 2.45) is 0 Å². The van der Waals surface area contributed by atoms with E-state index in [1.165, 1.54) is 29.2 Å². The van der Waals surface area contributed by atoms with Crippen molar-refractivity contribution >= 4 is 23.8 Å². The Morgan fingerprint density at radius 1 is 1.28 bits per heavy atom. The number of nitrogens with zero attached hydrogens (tertiary/aromatic N) is 2. The van der Waals surface area contributed by atoms with Gasteiger partial charge in [0.2, 0.25) is 5.91 Å². The lowest BCUT2D eigenvalue weighted by atomic mass is 10.1. The Balaban J connectivity index is 1.93. The maximum absolute atomic E-state index is 12.6. The summed E-state index contributed by atoms with van der Waals surface area (Å²) in [6.45, 7) is 6.03. The Labute approximate surface area is 185 Å². The monoisotopic (exact) mass is 452 g/mol. The molecule has 176 valence electrons. The number of hydrogen-bond donors (Lipinski definition) is 3. The van der Waals surface area contributed by atoms with E-state index >= 15 is 0 Å². The summed E-state index contributed by atoms with van der Waals surface area (Å²) < 4.78 is 10.3. The third-order valence-corrected chi connectivity index (χ3v) is 4.55. The van der Waals surface area contributed by atoms with Gasteiger partial charge in [-0.2, -0.15) is 0 Å². The molecule has 0 spiro atoms. The van der Waals surface area contributed by atoms with Crippen molar-refractivity contribution in [1.82, 2.24) is 15.5 Å². The van der Waals surface area contributed by atoms with Gasteiger partial charge in [0.1, 0.15) is 24.4 Å². The normalized spacial score (nSPS) is 20.4. The standard InChI is InChI=1S/C20H28N4O8/c1-19(2,3)32-17(27)21-10-16(26)22-20(4)9-15(25)11-23(20)18(28)31-12-13-5-7-14(8-6-13)24(29)30/h5-8,15,25H,9-12H2,1-4H3,(H,21,27)(H,22,26)/t15-,20+/m1/s1. The molecule has 1 aromatic carbocycles. The molecule has 1 heterocycles. The summed E-state index contributed by atoms with van der Waals surface area (Å²) >= 11 is 0. The largest absolute Gasteiger partial charge is 0.444 e. The summed E-state index contributed by atoms with van der Waals surface area (Å²) in [5, 5.41) is 25.7. The fourth-order valence-electron chi connectivity index (χ4n) is 3.19. The van der Waals surface area contributed by atoms with Crippen molar-refractivity contribution in [3.05, 3.63) is 39.9 Å². The first-order valence-corrected chi connectivity index (χ1v) is 9.93. The van der Waals surface area contributed by atoms with Gasteiger partial charge < -0.3 is 25.2 Å². The van der Waals surface area contributed by atoms with Crippen molar-refractivity contribution in [3.63, 3.8) is 0 Å². The quantitative estimate of drug-likeness (QED) is 0.434. The molecule has 32 heavy (non-hydrogen) atoms. The van der Waals surface area contributed by atoms with Crippen LogP contribution in [-0.2, 0) is 20.9 Å². The maximum Gasteiger partial charge on any atom is 0.412 e. The number of nitro groups is 1. The Kier molecular flexibility index (Phi) is 7.62. The molecule has 1 aliphatic heterocycles. The highest BCUT2D eigenvalue weighted by Gasteiger charge is 2.46. The van der Waals surface area contributed by atoms with E-state index < -0.39 is 40.4 Å². The molecular formula is C20H28N4O8. The Hall–Kier alpha value is -3.41. The van der Waals surface area contributed by atoms with E-state index in [2.05, 4.69) is 10.6 Å². The average molecular weight is 452 g/mol. The zero-order valence-corrected chi connectivity index (χ0v) is 18.4. The van der Waals surface area contributed by atoms with Crippen LogP contribution in [0.3, 0.4) is 0 Å². The third-order valence-electron chi connectivity index (χ3n) is 4.55. The van der Waals surface area contributed by atoms with Crippen LogP contribution in [-0.4, -0.2) is 63.5 Å². The van der Waals surface area contributed by atoms with E-state index in [0.29, 0.717) is 5.56 Å². The van der Waals surface area contributed by atoms with Crippen LogP contribution in [0.2, 0.25) is 0 Å². The lowest BCUT2D eigenvalue weighted by Gasteiger charge is -2.35. The second-order valence-electron chi connectivity index (χ2n) is 8.62. The highest BCUT2D eigenvalue weighted by molar-refractivity contribution is 5.83. The second-order valence-corrected chi connectivity index (χ2v) is 8.62. The first-order valence-electron chi connectivity index (χ1n) is 9.93. The number of benzene rings is 1.